The van der Waals surface area contributed by atoms with Gasteiger partial charge >= 0.3 is 5.97 Å². The lowest BCUT2D eigenvalue weighted by molar-refractivity contribution is -0.163. The van der Waals surface area contributed by atoms with E-state index in [0.29, 0.717) is 25.8 Å². The number of benzene rings is 1. The minimum atomic E-state index is -3.54. The van der Waals surface area contributed by atoms with Gasteiger partial charge in [0.25, 0.3) is 0 Å². The first-order chi connectivity index (χ1) is 15.2. The fraction of sp³-hybridized carbons (Fsp3) is 0.609. The number of rotatable bonds is 12. The van der Waals surface area contributed by atoms with Gasteiger partial charge in [0, 0.05) is 18.7 Å². The summed E-state index contributed by atoms with van der Waals surface area (Å²) in [6.45, 7) is 4.35. The highest BCUT2D eigenvalue weighted by atomic mass is 32.2. The molecule has 9 heteroatoms. The molecule has 0 saturated carbocycles. The van der Waals surface area contributed by atoms with Crippen molar-refractivity contribution in [3.63, 3.8) is 0 Å². The van der Waals surface area contributed by atoms with E-state index in [0.717, 1.165) is 24.7 Å². The standard InChI is InChI=1S/C23H34N2O6S/c1-4-9-18(10-5-2)21(26)24-19(16-32(3,29)30)22(27)25-14-13-20(25)23(28)31-15-17-11-7-6-8-12-17/h6-8,11-12,18-20H,4-5,9-10,13-16H2,1-3H3,(H,24,26). The summed E-state index contributed by atoms with van der Waals surface area (Å²) in [6, 6.07) is 7.20. The van der Waals surface area contributed by atoms with Crippen LogP contribution in [0.4, 0.5) is 0 Å². The molecule has 1 fully saturated rings. The van der Waals surface area contributed by atoms with Gasteiger partial charge in [0.1, 0.15) is 28.5 Å². The Kier molecular flexibility index (Phi) is 9.68. The smallest absolute Gasteiger partial charge is 0.329 e. The molecule has 2 rings (SSSR count). The Morgan fingerprint density at radius 1 is 1.12 bits per heavy atom. The Hall–Kier alpha value is -2.42. The molecule has 1 aromatic rings. The minimum absolute atomic E-state index is 0.0947. The quantitative estimate of drug-likeness (QED) is 0.472. The van der Waals surface area contributed by atoms with Crippen LogP contribution in [-0.4, -0.2) is 61.7 Å². The molecular formula is C23H34N2O6S. The predicted octanol–water partition coefficient (Wildman–Crippen LogP) is 2.08. The SMILES string of the molecule is CCCC(CCC)C(=O)NC(CS(C)(=O)=O)C(=O)N1CCC1C(=O)OCc1ccccc1. The summed E-state index contributed by atoms with van der Waals surface area (Å²) in [7, 11) is -3.54. The molecule has 1 saturated heterocycles. The van der Waals surface area contributed by atoms with E-state index < -0.39 is 39.6 Å². The number of hydrogen-bond acceptors (Lipinski definition) is 6. The maximum atomic E-state index is 13.1. The molecule has 0 aromatic heterocycles. The average Bonchev–Trinajstić information content (AvgIpc) is 2.70. The number of ether oxygens (including phenoxy) is 1. The fourth-order valence-corrected chi connectivity index (χ4v) is 4.62. The van der Waals surface area contributed by atoms with Crippen LogP contribution in [0.15, 0.2) is 30.3 Å². The molecule has 0 bridgehead atoms. The third kappa shape index (κ3) is 7.62. The van der Waals surface area contributed by atoms with E-state index in [1.807, 2.05) is 44.2 Å². The first-order valence-electron chi connectivity index (χ1n) is 11.1. The van der Waals surface area contributed by atoms with Crippen LogP contribution in [0.2, 0.25) is 0 Å². The zero-order valence-corrected chi connectivity index (χ0v) is 19.9. The van der Waals surface area contributed by atoms with E-state index in [-0.39, 0.29) is 18.4 Å². The Morgan fingerprint density at radius 2 is 1.75 bits per heavy atom. The molecule has 1 aromatic carbocycles. The monoisotopic (exact) mass is 466 g/mol. The number of sulfone groups is 1. The molecule has 1 aliphatic heterocycles. The van der Waals surface area contributed by atoms with E-state index in [9.17, 15) is 22.8 Å². The molecule has 32 heavy (non-hydrogen) atoms. The number of carbonyl (C=O) groups excluding carboxylic acids is 3. The maximum Gasteiger partial charge on any atom is 0.329 e. The largest absolute Gasteiger partial charge is 0.459 e. The fourth-order valence-electron chi connectivity index (χ4n) is 3.79. The van der Waals surface area contributed by atoms with Gasteiger partial charge in [-0.2, -0.15) is 0 Å². The van der Waals surface area contributed by atoms with E-state index in [1.54, 1.807) is 0 Å². The van der Waals surface area contributed by atoms with Gasteiger partial charge in [-0.15, -0.1) is 0 Å². The van der Waals surface area contributed by atoms with Gasteiger partial charge in [0.2, 0.25) is 11.8 Å². The van der Waals surface area contributed by atoms with Crippen molar-refractivity contribution in [2.75, 3.05) is 18.6 Å². The summed E-state index contributed by atoms with van der Waals surface area (Å²) in [5.74, 6) is -2.20. The summed E-state index contributed by atoms with van der Waals surface area (Å²) < 4.78 is 29.2. The van der Waals surface area contributed by atoms with Crippen LogP contribution < -0.4 is 5.32 Å². The van der Waals surface area contributed by atoms with Gasteiger partial charge in [-0.3, -0.25) is 9.59 Å². The van der Waals surface area contributed by atoms with Gasteiger partial charge in [-0.05, 0) is 24.8 Å². The molecule has 2 unspecified atom stereocenters. The normalized spacial score (nSPS) is 16.9. The first kappa shape index (κ1) is 25.8. The van der Waals surface area contributed by atoms with E-state index in [1.165, 1.54) is 4.90 Å². The van der Waals surface area contributed by atoms with Gasteiger partial charge in [-0.25, -0.2) is 13.2 Å². The zero-order chi connectivity index (χ0) is 23.7. The molecule has 0 radical (unpaired) electrons. The molecule has 0 aliphatic carbocycles. The van der Waals surface area contributed by atoms with Gasteiger partial charge in [0.05, 0.1) is 5.75 Å². The van der Waals surface area contributed by atoms with Crippen LogP contribution in [0.25, 0.3) is 0 Å². The number of esters is 1. The number of carbonyl (C=O) groups is 3. The van der Waals surface area contributed by atoms with Gasteiger partial charge in [0.15, 0.2) is 0 Å². The van der Waals surface area contributed by atoms with E-state index in [2.05, 4.69) is 5.32 Å². The van der Waals surface area contributed by atoms with Gasteiger partial charge < -0.3 is 15.0 Å². The highest BCUT2D eigenvalue weighted by Gasteiger charge is 2.42. The lowest BCUT2D eigenvalue weighted by Crippen LogP contribution is -2.62. The van der Waals surface area contributed by atoms with Crippen molar-refractivity contribution >= 4 is 27.6 Å². The maximum absolute atomic E-state index is 13.1. The Bertz CT molecular complexity index is 881. The second-order valence-electron chi connectivity index (χ2n) is 8.36. The second-order valence-corrected chi connectivity index (χ2v) is 10.5. The average molecular weight is 467 g/mol. The van der Waals surface area contributed by atoms with Crippen molar-refractivity contribution < 1.29 is 27.5 Å². The van der Waals surface area contributed by atoms with Crippen LogP contribution in [0, 0.1) is 5.92 Å². The molecule has 2 atom stereocenters. The molecule has 0 spiro atoms. The Labute approximate surface area is 190 Å². The van der Waals surface area contributed by atoms with Crippen molar-refractivity contribution in [2.45, 2.75) is 64.6 Å². The van der Waals surface area contributed by atoms with Crippen LogP contribution in [-0.2, 0) is 35.6 Å². The minimum Gasteiger partial charge on any atom is -0.459 e. The van der Waals surface area contributed by atoms with Crippen LogP contribution in [0.3, 0.4) is 0 Å². The topological polar surface area (TPSA) is 110 Å². The van der Waals surface area contributed by atoms with Crippen molar-refractivity contribution in [1.82, 2.24) is 10.2 Å². The van der Waals surface area contributed by atoms with Crippen LogP contribution in [0.1, 0.15) is 51.5 Å². The zero-order valence-electron chi connectivity index (χ0n) is 19.1. The molecule has 1 heterocycles. The summed E-state index contributed by atoms with van der Waals surface area (Å²) >= 11 is 0. The number of amides is 2. The predicted molar refractivity (Wildman–Crippen MR) is 121 cm³/mol. The highest BCUT2D eigenvalue weighted by Crippen LogP contribution is 2.22. The summed E-state index contributed by atoms with van der Waals surface area (Å²) in [5, 5.41) is 2.65. The third-order valence-electron chi connectivity index (χ3n) is 5.53. The number of nitrogens with zero attached hydrogens (tertiary/aromatic N) is 1. The van der Waals surface area contributed by atoms with E-state index in [4.69, 9.17) is 4.74 Å². The lowest BCUT2D eigenvalue weighted by Gasteiger charge is -2.41. The highest BCUT2D eigenvalue weighted by molar-refractivity contribution is 7.90. The number of hydrogen-bond donors (Lipinski definition) is 1. The van der Waals surface area contributed by atoms with Crippen LogP contribution >= 0.6 is 0 Å². The molecule has 1 N–H and O–H groups in total. The van der Waals surface area contributed by atoms with Crippen molar-refractivity contribution in [1.29, 1.82) is 0 Å². The van der Waals surface area contributed by atoms with Crippen LogP contribution in [0.5, 0.6) is 0 Å². The molecule has 178 valence electrons. The van der Waals surface area contributed by atoms with Crippen molar-refractivity contribution in [2.24, 2.45) is 5.92 Å². The van der Waals surface area contributed by atoms with Gasteiger partial charge in [-0.1, -0.05) is 57.0 Å². The molecular weight excluding hydrogens is 432 g/mol. The summed E-state index contributed by atoms with van der Waals surface area (Å²) in [5.41, 5.74) is 0.832. The summed E-state index contributed by atoms with van der Waals surface area (Å²) in [6.07, 6.45) is 4.41. The molecule has 1 aliphatic rings. The van der Waals surface area contributed by atoms with Crippen molar-refractivity contribution in [3.05, 3.63) is 35.9 Å². The number of likely N-dealkylation sites (tertiary alicyclic amines) is 1. The molecule has 8 nitrogen and oxygen atoms in total. The first-order valence-corrected chi connectivity index (χ1v) is 13.2. The lowest BCUT2D eigenvalue weighted by atomic mass is 9.96. The number of nitrogens with one attached hydrogen (secondary N) is 1. The van der Waals surface area contributed by atoms with Crippen molar-refractivity contribution in [3.8, 4) is 0 Å². The third-order valence-corrected chi connectivity index (χ3v) is 6.47. The summed E-state index contributed by atoms with van der Waals surface area (Å²) in [4.78, 5) is 39.7. The molecule has 2 amide bonds. The Morgan fingerprint density at radius 3 is 2.25 bits per heavy atom. The van der Waals surface area contributed by atoms with E-state index >= 15 is 0 Å². The second kappa shape index (κ2) is 12.0. The Balaban J connectivity index is 2.06.